The molecular formula is C19H23N5O6S. The summed E-state index contributed by atoms with van der Waals surface area (Å²) in [6, 6.07) is 2.19. The number of thiophene rings is 1. The summed E-state index contributed by atoms with van der Waals surface area (Å²) in [6.45, 7) is 0.672. The van der Waals surface area contributed by atoms with E-state index in [1.165, 1.54) is 11.3 Å². The summed E-state index contributed by atoms with van der Waals surface area (Å²) in [7, 11) is 0. The van der Waals surface area contributed by atoms with Gasteiger partial charge in [0.1, 0.15) is 11.9 Å². The van der Waals surface area contributed by atoms with Crippen molar-refractivity contribution in [1.82, 2.24) is 15.3 Å². The molecule has 2 aromatic heterocycles. The number of aliphatic carboxylic acids is 2. The fourth-order valence-electron chi connectivity index (χ4n) is 3.36. The predicted octanol–water partition coefficient (Wildman–Crippen LogP) is 1.09. The van der Waals surface area contributed by atoms with E-state index < -0.39 is 23.9 Å². The van der Waals surface area contributed by atoms with Gasteiger partial charge in [0.25, 0.3) is 5.91 Å². The first kappa shape index (κ1) is 22.3. The number of nitrogens with zero attached hydrogens (tertiary/aromatic N) is 2. The van der Waals surface area contributed by atoms with Crippen LogP contribution in [0.15, 0.2) is 12.1 Å². The van der Waals surface area contributed by atoms with E-state index in [1.807, 2.05) is 6.07 Å². The maximum Gasteiger partial charge on any atom is 0.326 e. The quantitative estimate of drug-likeness (QED) is 0.323. The van der Waals surface area contributed by atoms with Crippen LogP contribution < -0.4 is 16.4 Å². The molecule has 31 heavy (non-hydrogen) atoms. The summed E-state index contributed by atoms with van der Waals surface area (Å²) in [5, 5.41) is 33.4. The Morgan fingerprint density at radius 2 is 2.06 bits per heavy atom. The molecule has 2 atom stereocenters. The molecule has 7 N–H and O–H groups in total. The second kappa shape index (κ2) is 9.60. The Kier molecular flexibility index (Phi) is 6.90. The van der Waals surface area contributed by atoms with Crippen LogP contribution in [0.5, 0.6) is 5.88 Å². The van der Waals surface area contributed by atoms with Crippen LogP contribution in [-0.4, -0.2) is 55.7 Å². The van der Waals surface area contributed by atoms with Gasteiger partial charge in [0.2, 0.25) is 11.8 Å². The van der Waals surface area contributed by atoms with Crippen LogP contribution in [0.4, 0.5) is 11.8 Å². The molecule has 1 amide bonds. The van der Waals surface area contributed by atoms with Crippen molar-refractivity contribution in [3.05, 3.63) is 27.5 Å². The van der Waals surface area contributed by atoms with E-state index in [2.05, 4.69) is 20.6 Å². The first-order valence-corrected chi connectivity index (χ1v) is 10.5. The molecule has 3 rings (SSSR count). The van der Waals surface area contributed by atoms with Gasteiger partial charge in [0.15, 0.2) is 0 Å². The number of carboxylic acid groups (broad SMARTS) is 2. The van der Waals surface area contributed by atoms with Crippen molar-refractivity contribution in [3.63, 3.8) is 0 Å². The van der Waals surface area contributed by atoms with Crippen molar-refractivity contribution in [2.75, 3.05) is 17.6 Å². The number of nitrogen functional groups attached to an aromatic ring is 1. The molecule has 166 valence electrons. The maximum absolute atomic E-state index is 12.4. The number of carboxylic acids is 2. The van der Waals surface area contributed by atoms with Gasteiger partial charge in [-0.25, -0.2) is 4.79 Å². The number of amides is 1. The predicted molar refractivity (Wildman–Crippen MR) is 112 cm³/mol. The lowest BCUT2D eigenvalue weighted by molar-refractivity contribution is -0.140. The summed E-state index contributed by atoms with van der Waals surface area (Å²) < 4.78 is 0. The molecule has 2 aromatic rings. The van der Waals surface area contributed by atoms with Crippen LogP contribution in [-0.2, 0) is 22.4 Å². The van der Waals surface area contributed by atoms with Crippen molar-refractivity contribution in [2.45, 2.75) is 38.1 Å². The molecule has 12 heteroatoms. The van der Waals surface area contributed by atoms with Gasteiger partial charge < -0.3 is 31.7 Å². The minimum absolute atomic E-state index is 0.0136. The standard InChI is InChI=1S/C19H23N5O6S/c20-19-23-15-11(16(27)24-19)7-9(8-21-15)1-2-10-3-5-13(31-10)17(28)22-12(18(29)30)4-6-14(25)26/h3,5,9,12H,1-2,4,6-8H2,(H,22,28)(H,25,26)(H,29,30)(H4,20,21,23,24,27). The molecule has 0 spiro atoms. The normalized spacial score (nSPS) is 16.1. The molecular weight excluding hydrogens is 426 g/mol. The third-order valence-corrected chi connectivity index (χ3v) is 6.13. The highest BCUT2D eigenvalue weighted by molar-refractivity contribution is 7.14. The number of carbonyl (C=O) groups excluding carboxylic acids is 1. The Balaban J connectivity index is 1.54. The van der Waals surface area contributed by atoms with Gasteiger partial charge in [-0.1, -0.05) is 0 Å². The average molecular weight is 449 g/mol. The number of hydrogen-bond acceptors (Lipinski definition) is 9. The Morgan fingerprint density at radius 1 is 1.29 bits per heavy atom. The molecule has 0 bridgehead atoms. The highest BCUT2D eigenvalue weighted by Crippen LogP contribution is 2.32. The van der Waals surface area contributed by atoms with Crippen LogP contribution in [0, 0.1) is 5.92 Å². The van der Waals surface area contributed by atoms with Gasteiger partial charge in [-0.05, 0) is 43.7 Å². The van der Waals surface area contributed by atoms with Crippen molar-refractivity contribution in [3.8, 4) is 5.88 Å². The number of anilines is 2. The summed E-state index contributed by atoms with van der Waals surface area (Å²) in [5.74, 6) is -2.26. The van der Waals surface area contributed by atoms with Crippen molar-refractivity contribution >= 4 is 40.9 Å². The number of aromatic nitrogens is 2. The van der Waals surface area contributed by atoms with Crippen LogP contribution in [0.1, 0.15) is 39.4 Å². The number of nitrogens with one attached hydrogen (secondary N) is 2. The largest absolute Gasteiger partial charge is 0.493 e. The number of aromatic hydroxyl groups is 1. The lowest BCUT2D eigenvalue weighted by Crippen LogP contribution is -2.40. The molecule has 0 radical (unpaired) electrons. The number of rotatable bonds is 9. The molecule has 1 aliphatic heterocycles. The smallest absolute Gasteiger partial charge is 0.326 e. The first-order valence-electron chi connectivity index (χ1n) is 9.66. The molecule has 3 heterocycles. The molecule has 0 aromatic carbocycles. The van der Waals surface area contributed by atoms with Gasteiger partial charge in [0, 0.05) is 17.8 Å². The van der Waals surface area contributed by atoms with Gasteiger partial charge in [-0.3, -0.25) is 9.59 Å². The zero-order chi connectivity index (χ0) is 22.5. The van der Waals surface area contributed by atoms with E-state index in [1.54, 1.807) is 6.07 Å². The van der Waals surface area contributed by atoms with Gasteiger partial charge in [-0.2, -0.15) is 9.97 Å². The van der Waals surface area contributed by atoms with E-state index in [0.29, 0.717) is 35.6 Å². The summed E-state index contributed by atoms with van der Waals surface area (Å²) in [5.41, 5.74) is 6.18. The Morgan fingerprint density at radius 3 is 2.77 bits per heavy atom. The highest BCUT2D eigenvalue weighted by atomic mass is 32.1. The van der Waals surface area contributed by atoms with Crippen molar-refractivity contribution in [1.29, 1.82) is 0 Å². The topological polar surface area (TPSA) is 188 Å². The number of hydrogen-bond donors (Lipinski definition) is 6. The van der Waals surface area contributed by atoms with E-state index in [9.17, 15) is 24.6 Å². The Hall–Kier alpha value is -3.41. The van der Waals surface area contributed by atoms with Crippen LogP contribution in [0.2, 0.25) is 0 Å². The second-order valence-corrected chi connectivity index (χ2v) is 8.45. The monoisotopic (exact) mass is 449 g/mol. The molecule has 0 fully saturated rings. The summed E-state index contributed by atoms with van der Waals surface area (Å²) >= 11 is 1.27. The number of aryl methyl sites for hydroxylation is 1. The SMILES string of the molecule is Nc1nc(O)c2c(n1)NCC(CCc1ccc(C(=O)NC(CCC(=O)O)C(=O)O)s1)C2. The number of fused-ring (bicyclic) bond motifs is 1. The van der Waals surface area contributed by atoms with E-state index in [4.69, 9.17) is 10.8 Å². The van der Waals surface area contributed by atoms with E-state index >= 15 is 0 Å². The van der Waals surface area contributed by atoms with Crippen molar-refractivity contribution < 1.29 is 29.7 Å². The molecule has 0 saturated heterocycles. The third kappa shape index (κ3) is 5.81. The van der Waals surface area contributed by atoms with Crippen molar-refractivity contribution in [2.24, 2.45) is 5.92 Å². The average Bonchev–Trinajstić information content (AvgIpc) is 3.18. The second-order valence-electron chi connectivity index (χ2n) is 7.28. The summed E-state index contributed by atoms with van der Waals surface area (Å²) in [4.78, 5) is 43.5. The fourth-order valence-corrected chi connectivity index (χ4v) is 4.29. The molecule has 0 saturated carbocycles. The zero-order valence-electron chi connectivity index (χ0n) is 16.5. The molecule has 1 aliphatic rings. The van der Waals surface area contributed by atoms with E-state index in [-0.39, 0.29) is 30.6 Å². The minimum atomic E-state index is -1.27. The lowest BCUT2D eigenvalue weighted by Gasteiger charge is -2.25. The van der Waals surface area contributed by atoms with Gasteiger partial charge in [-0.15, -0.1) is 11.3 Å². The maximum atomic E-state index is 12.4. The number of carbonyl (C=O) groups is 3. The molecule has 11 nitrogen and oxygen atoms in total. The minimum Gasteiger partial charge on any atom is -0.493 e. The Labute approximate surface area is 181 Å². The highest BCUT2D eigenvalue weighted by Gasteiger charge is 2.25. The molecule has 0 aliphatic carbocycles. The lowest BCUT2D eigenvalue weighted by atomic mass is 9.92. The van der Waals surface area contributed by atoms with Crippen LogP contribution in [0.25, 0.3) is 0 Å². The van der Waals surface area contributed by atoms with Gasteiger partial charge >= 0.3 is 11.9 Å². The summed E-state index contributed by atoms with van der Waals surface area (Å²) in [6.07, 6.45) is 1.58. The number of nitrogens with two attached hydrogens (primary N) is 1. The van der Waals surface area contributed by atoms with E-state index in [0.717, 1.165) is 11.3 Å². The Bertz CT molecular complexity index is 994. The zero-order valence-corrected chi connectivity index (χ0v) is 17.3. The fraction of sp³-hybridized carbons (Fsp3) is 0.421. The molecule has 2 unspecified atom stereocenters. The van der Waals surface area contributed by atoms with Crippen LogP contribution in [0.3, 0.4) is 0 Å². The van der Waals surface area contributed by atoms with Crippen LogP contribution >= 0.6 is 11.3 Å². The third-order valence-electron chi connectivity index (χ3n) is 4.99. The first-order chi connectivity index (χ1) is 14.7. The van der Waals surface area contributed by atoms with Gasteiger partial charge in [0.05, 0.1) is 10.4 Å².